The van der Waals surface area contributed by atoms with Crippen LogP contribution in [0.4, 0.5) is 5.69 Å². The summed E-state index contributed by atoms with van der Waals surface area (Å²) in [7, 11) is 0. The Morgan fingerprint density at radius 2 is 2.19 bits per heavy atom. The molecule has 21 heavy (non-hydrogen) atoms. The molecule has 2 rings (SSSR count). The van der Waals surface area contributed by atoms with Crippen LogP contribution in [0.1, 0.15) is 42.7 Å². The molecule has 2 N–H and O–H groups in total. The Labute approximate surface area is 125 Å². The molecule has 0 saturated heterocycles. The van der Waals surface area contributed by atoms with Gasteiger partial charge in [0.25, 0.3) is 5.91 Å². The zero-order valence-electron chi connectivity index (χ0n) is 12.8. The van der Waals surface area contributed by atoms with Gasteiger partial charge in [0, 0.05) is 42.1 Å². The third kappa shape index (κ3) is 4.08. The van der Waals surface area contributed by atoms with E-state index in [1.165, 1.54) is 0 Å². The van der Waals surface area contributed by atoms with Gasteiger partial charge in [-0.25, -0.2) is 0 Å². The van der Waals surface area contributed by atoms with Crippen molar-refractivity contribution >= 4 is 11.6 Å². The Balaban J connectivity index is 1.99. The van der Waals surface area contributed by atoms with Crippen LogP contribution in [-0.4, -0.2) is 22.2 Å². The van der Waals surface area contributed by atoms with Crippen LogP contribution in [0.5, 0.6) is 0 Å². The van der Waals surface area contributed by atoms with Crippen molar-refractivity contribution in [1.82, 2.24) is 15.1 Å². The van der Waals surface area contributed by atoms with Crippen molar-refractivity contribution in [2.45, 2.75) is 33.4 Å². The van der Waals surface area contributed by atoms with Gasteiger partial charge >= 0.3 is 0 Å². The van der Waals surface area contributed by atoms with Gasteiger partial charge in [0.2, 0.25) is 0 Å². The first-order chi connectivity index (χ1) is 10.1. The van der Waals surface area contributed by atoms with Crippen molar-refractivity contribution in [3.63, 3.8) is 0 Å². The Bertz CT molecular complexity index is 604. The lowest BCUT2D eigenvalue weighted by Gasteiger charge is -2.08. The average molecular weight is 286 g/mol. The topological polar surface area (TPSA) is 59.0 Å². The number of amides is 1. The zero-order valence-corrected chi connectivity index (χ0v) is 12.8. The number of nitrogens with one attached hydrogen (secondary N) is 2. The fourth-order valence-electron chi connectivity index (χ4n) is 1.99. The molecule has 0 fully saturated rings. The second-order valence-electron chi connectivity index (χ2n) is 5.22. The normalized spacial score (nSPS) is 10.7. The number of benzene rings is 1. The number of anilines is 1. The second kappa shape index (κ2) is 6.92. The summed E-state index contributed by atoms with van der Waals surface area (Å²) in [4.78, 5) is 11.8. The number of hydrogen-bond acceptors (Lipinski definition) is 3. The highest BCUT2D eigenvalue weighted by Crippen LogP contribution is 2.13. The number of rotatable bonds is 6. The highest BCUT2D eigenvalue weighted by Gasteiger charge is 2.05. The zero-order chi connectivity index (χ0) is 15.2. The lowest BCUT2D eigenvalue weighted by Crippen LogP contribution is -2.22. The fraction of sp³-hybridized carbons (Fsp3) is 0.375. The molecule has 1 aromatic carbocycles. The Morgan fingerprint density at radius 1 is 1.38 bits per heavy atom. The smallest absolute Gasteiger partial charge is 0.251 e. The third-order valence-electron chi connectivity index (χ3n) is 3.14. The third-order valence-corrected chi connectivity index (χ3v) is 3.14. The van der Waals surface area contributed by atoms with Crippen LogP contribution in [0.2, 0.25) is 0 Å². The van der Waals surface area contributed by atoms with Gasteiger partial charge < -0.3 is 10.6 Å². The van der Waals surface area contributed by atoms with E-state index in [2.05, 4.69) is 29.6 Å². The number of aromatic nitrogens is 2. The van der Waals surface area contributed by atoms with E-state index in [9.17, 15) is 4.79 Å². The maximum Gasteiger partial charge on any atom is 0.251 e. The summed E-state index contributed by atoms with van der Waals surface area (Å²) in [5.41, 5.74) is 2.71. The number of hydrogen-bond donors (Lipinski definition) is 2. The molecule has 0 aliphatic rings. The van der Waals surface area contributed by atoms with Gasteiger partial charge in [-0.15, -0.1) is 0 Å². The van der Waals surface area contributed by atoms with E-state index in [0.717, 1.165) is 11.3 Å². The lowest BCUT2D eigenvalue weighted by atomic mass is 10.2. The molecular weight excluding hydrogens is 264 g/mol. The maximum absolute atomic E-state index is 11.8. The van der Waals surface area contributed by atoms with E-state index >= 15 is 0 Å². The van der Waals surface area contributed by atoms with Gasteiger partial charge in [0.1, 0.15) is 0 Å². The number of nitrogens with zero attached hydrogens (tertiary/aromatic N) is 2. The standard InChI is InChI=1S/C16H22N4O/c1-4-17-16(21)14-6-5-7-15(8-14)18-9-13-10-19-20(11-13)12(2)3/h5-8,10-12,18H,4,9H2,1-3H3,(H,17,21). The van der Waals surface area contributed by atoms with Crippen LogP contribution in [0, 0.1) is 0 Å². The summed E-state index contributed by atoms with van der Waals surface area (Å²) < 4.78 is 1.93. The fourth-order valence-corrected chi connectivity index (χ4v) is 1.99. The van der Waals surface area contributed by atoms with Gasteiger partial charge in [-0.3, -0.25) is 9.48 Å². The molecule has 0 bridgehead atoms. The molecule has 1 aromatic heterocycles. The van der Waals surface area contributed by atoms with Crippen molar-refractivity contribution in [3.05, 3.63) is 47.8 Å². The summed E-state index contributed by atoms with van der Waals surface area (Å²) in [6.07, 6.45) is 3.89. The highest BCUT2D eigenvalue weighted by atomic mass is 16.1. The van der Waals surface area contributed by atoms with Crippen LogP contribution >= 0.6 is 0 Å². The minimum absolute atomic E-state index is 0.0474. The van der Waals surface area contributed by atoms with E-state index in [1.807, 2.05) is 48.3 Å². The molecule has 0 atom stereocenters. The minimum atomic E-state index is -0.0474. The SMILES string of the molecule is CCNC(=O)c1cccc(NCc2cnn(C(C)C)c2)c1. The van der Waals surface area contributed by atoms with Crippen molar-refractivity contribution < 1.29 is 4.79 Å². The van der Waals surface area contributed by atoms with E-state index in [-0.39, 0.29) is 5.91 Å². The van der Waals surface area contributed by atoms with E-state index in [4.69, 9.17) is 0 Å². The van der Waals surface area contributed by atoms with E-state index in [1.54, 1.807) is 0 Å². The second-order valence-corrected chi connectivity index (χ2v) is 5.22. The first-order valence-electron chi connectivity index (χ1n) is 7.25. The monoisotopic (exact) mass is 286 g/mol. The largest absolute Gasteiger partial charge is 0.381 e. The molecule has 1 amide bonds. The molecule has 5 nitrogen and oxygen atoms in total. The predicted octanol–water partition coefficient (Wildman–Crippen LogP) is 2.83. The van der Waals surface area contributed by atoms with Crippen molar-refractivity contribution in [3.8, 4) is 0 Å². The molecule has 0 aliphatic carbocycles. The van der Waals surface area contributed by atoms with Crippen molar-refractivity contribution in [2.24, 2.45) is 0 Å². The molecule has 0 saturated carbocycles. The minimum Gasteiger partial charge on any atom is -0.381 e. The van der Waals surface area contributed by atoms with Crippen molar-refractivity contribution in [2.75, 3.05) is 11.9 Å². The van der Waals surface area contributed by atoms with Crippen LogP contribution in [0.25, 0.3) is 0 Å². The molecule has 0 aliphatic heterocycles. The van der Waals surface area contributed by atoms with Crippen molar-refractivity contribution in [1.29, 1.82) is 0 Å². The van der Waals surface area contributed by atoms with Crippen LogP contribution in [0.3, 0.4) is 0 Å². The molecule has 112 valence electrons. The molecule has 0 spiro atoms. The van der Waals surface area contributed by atoms with Gasteiger partial charge in [0.15, 0.2) is 0 Å². The molecule has 0 unspecified atom stereocenters. The Morgan fingerprint density at radius 3 is 2.86 bits per heavy atom. The average Bonchev–Trinajstić information content (AvgIpc) is 2.95. The van der Waals surface area contributed by atoms with Crippen LogP contribution in [-0.2, 0) is 6.54 Å². The summed E-state index contributed by atoms with van der Waals surface area (Å²) in [6, 6.07) is 7.87. The first kappa shape index (κ1) is 15.1. The Hall–Kier alpha value is -2.30. The molecular formula is C16H22N4O. The van der Waals surface area contributed by atoms with E-state index in [0.29, 0.717) is 24.7 Å². The summed E-state index contributed by atoms with van der Waals surface area (Å²) in [6.45, 7) is 7.42. The lowest BCUT2D eigenvalue weighted by molar-refractivity contribution is 0.0956. The summed E-state index contributed by atoms with van der Waals surface area (Å²) >= 11 is 0. The quantitative estimate of drug-likeness (QED) is 0.858. The van der Waals surface area contributed by atoms with Gasteiger partial charge in [-0.1, -0.05) is 6.07 Å². The highest BCUT2D eigenvalue weighted by molar-refractivity contribution is 5.95. The van der Waals surface area contributed by atoms with Gasteiger partial charge in [-0.05, 0) is 39.0 Å². The molecule has 5 heteroatoms. The molecule has 0 radical (unpaired) electrons. The van der Waals surface area contributed by atoms with Crippen LogP contribution in [0.15, 0.2) is 36.7 Å². The first-order valence-corrected chi connectivity index (χ1v) is 7.25. The van der Waals surface area contributed by atoms with Crippen LogP contribution < -0.4 is 10.6 Å². The Kier molecular flexibility index (Phi) is 4.98. The van der Waals surface area contributed by atoms with Gasteiger partial charge in [-0.2, -0.15) is 5.10 Å². The summed E-state index contributed by atoms with van der Waals surface area (Å²) in [5.74, 6) is -0.0474. The summed E-state index contributed by atoms with van der Waals surface area (Å²) in [5, 5.41) is 10.4. The predicted molar refractivity (Wildman–Crippen MR) is 84.4 cm³/mol. The van der Waals surface area contributed by atoms with Gasteiger partial charge in [0.05, 0.1) is 6.20 Å². The molecule has 1 heterocycles. The molecule has 2 aromatic rings. The number of carbonyl (C=O) groups is 1. The van der Waals surface area contributed by atoms with E-state index < -0.39 is 0 Å². The maximum atomic E-state index is 11.8. The number of carbonyl (C=O) groups excluding carboxylic acids is 1.